The highest BCUT2D eigenvalue weighted by Gasteiger charge is 2.32. The molecule has 3 aromatic rings. The van der Waals surface area contributed by atoms with Gasteiger partial charge in [0.2, 0.25) is 5.91 Å². The fraction of sp³-hybridized carbons (Fsp3) is 0.0556. The summed E-state index contributed by atoms with van der Waals surface area (Å²) in [6.45, 7) is 0. The lowest BCUT2D eigenvalue weighted by Crippen LogP contribution is -2.24. The maximum atomic E-state index is 13.2. The summed E-state index contributed by atoms with van der Waals surface area (Å²) in [5.41, 5.74) is 1.72. The van der Waals surface area contributed by atoms with Crippen molar-refractivity contribution >= 4 is 50.5 Å². The standard InChI is InChI=1S/C18H10FN3OS2/c19-11-5-7-12(8-6-11)22-16(23)10-24-18(22)13(9-20)17-21-14-3-1-2-4-15(14)25-17/h1-8H,10H2/b18-13-. The predicted molar refractivity (Wildman–Crippen MR) is 98.5 cm³/mol. The maximum Gasteiger partial charge on any atom is 0.242 e. The Bertz CT molecular complexity index is 1020. The van der Waals surface area contributed by atoms with Gasteiger partial charge in [0.25, 0.3) is 0 Å². The molecule has 0 unspecified atom stereocenters. The maximum absolute atomic E-state index is 13.2. The molecule has 0 N–H and O–H groups in total. The molecule has 1 amide bonds. The van der Waals surface area contributed by atoms with Crippen molar-refractivity contribution in [1.82, 2.24) is 4.98 Å². The van der Waals surface area contributed by atoms with E-state index in [-0.39, 0.29) is 17.5 Å². The molecule has 1 aliphatic rings. The first-order chi connectivity index (χ1) is 12.2. The zero-order chi connectivity index (χ0) is 17.4. The third kappa shape index (κ3) is 2.80. The zero-order valence-corrected chi connectivity index (χ0v) is 14.4. The van der Waals surface area contributed by atoms with Crippen LogP contribution in [0, 0.1) is 17.1 Å². The number of allylic oxidation sites excluding steroid dienone is 1. The average Bonchev–Trinajstić information content (AvgIpc) is 3.21. The van der Waals surface area contributed by atoms with Gasteiger partial charge < -0.3 is 0 Å². The van der Waals surface area contributed by atoms with Crippen LogP contribution in [-0.4, -0.2) is 16.6 Å². The van der Waals surface area contributed by atoms with E-state index >= 15 is 0 Å². The number of carbonyl (C=O) groups is 1. The summed E-state index contributed by atoms with van der Waals surface area (Å²) in [4.78, 5) is 18.3. The summed E-state index contributed by atoms with van der Waals surface area (Å²) in [5, 5.41) is 10.8. The van der Waals surface area contributed by atoms with E-state index in [1.165, 1.54) is 52.3 Å². The highest BCUT2D eigenvalue weighted by atomic mass is 32.2. The van der Waals surface area contributed by atoms with Crippen molar-refractivity contribution in [1.29, 1.82) is 5.26 Å². The molecule has 0 atom stereocenters. The van der Waals surface area contributed by atoms with Gasteiger partial charge in [0.1, 0.15) is 27.5 Å². The number of benzene rings is 2. The number of hydrogen-bond donors (Lipinski definition) is 0. The third-order valence-electron chi connectivity index (χ3n) is 3.70. The molecule has 2 aromatic carbocycles. The third-order valence-corrected chi connectivity index (χ3v) is 5.81. The van der Waals surface area contributed by atoms with Crippen LogP contribution in [0.3, 0.4) is 0 Å². The highest BCUT2D eigenvalue weighted by Crippen LogP contribution is 2.40. The van der Waals surface area contributed by atoms with Crippen molar-refractivity contribution < 1.29 is 9.18 Å². The number of anilines is 1. The lowest BCUT2D eigenvalue weighted by Gasteiger charge is -2.18. The summed E-state index contributed by atoms with van der Waals surface area (Å²) in [6.07, 6.45) is 0. The molecule has 1 aliphatic heterocycles. The van der Waals surface area contributed by atoms with Crippen molar-refractivity contribution in [3.8, 4) is 6.07 Å². The van der Waals surface area contributed by atoms with E-state index < -0.39 is 0 Å². The minimum Gasteiger partial charge on any atom is -0.273 e. The number of halogens is 1. The number of thioether (sulfide) groups is 1. The second kappa shape index (κ2) is 6.31. The van der Waals surface area contributed by atoms with E-state index in [1.54, 1.807) is 0 Å². The van der Waals surface area contributed by atoms with Crippen LogP contribution in [0.2, 0.25) is 0 Å². The number of thiazole rings is 1. The molecule has 0 bridgehead atoms. The molecule has 4 nitrogen and oxygen atoms in total. The second-order valence-electron chi connectivity index (χ2n) is 5.27. The first-order valence-electron chi connectivity index (χ1n) is 7.39. The van der Waals surface area contributed by atoms with Crippen molar-refractivity contribution in [3.05, 3.63) is 64.4 Å². The Hall–Kier alpha value is -2.69. The normalized spacial score (nSPS) is 16.3. The minimum atomic E-state index is -0.375. The van der Waals surface area contributed by atoms with Gasteiger partial charge >= 0.3 is 0 Å². The minimum absolute atomic E-state index is 0.138. The molecule has 0 aliphatic carbocycles. The Balaban J connectivity index is 1.86. The first kappa shape index (κ1) is 15.8. The zero-order valence-electron chi connectivity index (χ0n) is 12.8. The molecule has 1 fully saturated rings. The van der Waals surface area contributed by atoms with Crippen molar-refractivity contribution in [2.24, 2.45) is 0 Å². The summed E-state index contributed by atoms with van der Waals surface area (Å²) < 4.78 is 14.2. The number of amides is 1. The SMILES string of the molecule is N#C/C(=C1/SCC(=O)N1c1ccc(F)cc1)c1nc2ccccc2s1. The fourth-order valence-corrected chi connectivity index (χ4v) is 4.61. The van der Waals surface area contributed by atoms with Crippen molar-refractivity contribution in [2.75, 3.05) is 10.7 Å². The van der Waals surface area contributed by atoms with Crippen LogP contribution in [0.25, 0.3) is 15.8 Å². The smallest absolute Gasteiger partial charge is 0.242 e. The second-order valence-corrected chi connectivity index (χ2v) is 7.27. The number of nitrogens with zero attached hydrogens (tertiary/aromatic N) is 3. The van der Waals surface area contributed by atoms with Gasteiger partial charge in [-0.15, -0.1) is 11.3 Å². The van der Waals surface area contributed by atoms with Gasteiger partial charge in [0.05, 0.1) is 16.0 Å². The summed E-state index contributed by atoms with van der Waals surface area (Å²) in [6, 6.07) is 15.5. The Morgan fingerprint density at radius 1 is 1.20 bits per heavy atom. The number of fused-ring (bicyclic) bond motifs is 1. The van der Waals surface area contributed by atoms with E-state index in [0.717, 1.165) is 10.2 Å². The van der Waals surface area contributed by atoms with Gasteiger partial charge in [-0.05, 0) is 36.4 Å². The van der Waals surface area contributed by atoms with Crippen LogP contribution in [0.15, 0.2) is 53.6 Å². The summed E-state index contributed by atoms with van der Waals surface area (Å²) in [5.74, 6) is -0.274. The molecule has 2 heterocycles. The number of carbonyl (C=O) groups excluding carboxylic acids is 1. The van der Waals surface area contributed by atoms with Crippen molar-refractivity contribution in [3.63, 3.8) is 0 Å². The summed E-state index contributed by atoms with van der Waals surface area (Å²) in [7, 11) is 0. The Morgan fingerprint density at radius 3 is 2.68 bits per heavy atom. The summed E-state index contributed by atoms with van der Waals surface area (Å²) >= 11 is 2.72. The first-order valence-corrected chi connectivity index (χ1v) is 9.19. The molecule has 25 heavy (non-hydrogen) atoms. The van der Waals surface area contributed by atoms with Crippen LogP contribution in [-0.2, 0) is 4.79 Å². The van der Waals surface area contributed by atoms with E-state index in [1.807, 2.05) is 24.3 Å². The molecular formula is C18H10FN3OS2. The lowest BCUT2D eigenvalue weighted by atomic mass is 10.2. The number of aromatic nitrogens is 1. The van der Waals surface area contributed by atoms with E-state index in [4.69, 9.17) is 0 Å². The van der Waals surface area contributed by atoms with Gasteiger partial charge in [-0.1, -0.05) is 23.9 Å². The molecule has 1 aromatic heterocycles. The van der Waals surface area contributed by atoms with E-state index in [9.17, 15) is 14.4 Å². The quantitative estimate of drug-likeness (QED) is 0.630. The number of hydrogen-bond acceptors (Lipinski definition) is 5. The van der Waals surface area contributed by atoms with Gasteiger partial charge in [0.15, 0.2) is 0 Å². The number of para-hydroxylation sites is 1. The molecule has 0 saturated carbocycles. The molecule has 4 rings (SSSR count). The monoisotopic (exact) mass is 367 g/mol. The Kier molecular flexibility index (Phi) is 3.99. The van der Waals surface area contributed by atoms with Crippen LogP contribution >= 0.6 is 23.1 Å². The Labute approximate surface area is 151 Å². The van der Waals surface area contributed by atoms with Crippen LogP contribution in [0.4, 0.5) is 10.1 Å². The molecule has 7 heteroatoms. The van der Waals surface area contributed by atoms with E-state index in [0.29, 0.717) is 21.3 Å². The van der Waals surface area contributed by atoms with Gasteiger partial charge in [-0.3, -0.25) is 9.69 Å². The topological polar surface area (TPSA) is 57.0 Å². The Morgan fingerprint density at radius 2 is 1.96 bits per heavy atom. The van der Waals surface area contributed by atoms with Gasteiger partial charge in [0, 0.05) is 5.69 Å². The molecule has 122 valence electrons. The number of rotatable bonds is 2. The predicted octanol–water partition coefficient (Wildman–Crippen LogP) is 4.41. The average molecular weight is 367 g/mol. The van der Waals surface area contributed by atoms with Gasteiger partial charge in [-0.2, -0.15) is 5.26 Å². The van der Waals surface area contributed by atoms with Crippen LogP contribution in [0.5, 0.6) is 0 Å². The van der Waals surface area contributed by atoms with Crippen molar-refractivity contribution in [2.45, 2.75) is 0 Å². The molecule has 0 radical (unpaired) electrons. The molecule has 0 spiro atoms. The fourth-order valence-electron chi connectivity index (χ4n) is 2.57. The largest absolute Gasteiger partial charge is 0.273 e. The molecular weight excluding hydrogens is 357 g/mol. The van der Waals surface area contributed by atoms with Crippen LogP contribution in [0.1, 0.15) is 5.01 Å². The molecule has 1 saturated heterocycles. The van der Waals surface area contributed by atoms with Crippen LogP contribution < -0.4 is 4.90 Å². The number of nitriles is 1. The lowest BCUT2D eigenvalue weighted by molar-refractivity contribution is -0.115. The van der Waals surface area contributed by atoms with Gasteiger partial charge in [-0.25, -0.2) is 9.37 Å². The highest BCUT2D eigenvalue weighted by molar-refractivity contribution is 8.04. The van der Waals surface area contributed by atoms with E-state index in [2.05, 4.69) is 11.1 Å².